The molecular formula is C16H33N3S. The van der Waals surface area contributed by atoms with Gasteiger partial charge >= 0.3 is 0 Å². The van der Waals surface area contributed by atoms with E-state index >= 15 is 0 Å². The van der Waals surface area contributed by atoms with Crippen molar-refractivity contribution in [3.63, 3.8) is 0 Å². The molecule has 2 fully saturated rings. The highest BCUT2D eigenvalue weighted by Gasteiger charge is 2.40. The van der Waals surface area contributed by atoms with Crippen LogP contribution >= 0.6 is 11.8 Å². The molecule has 1 N–H and O–H groups in total. The van der Waals surface area contributed by atoms with Gasteiger partial charge in [0.25, 0.3) is 0 Å². The van der Waals surface area contributed by atoms with E-state index in [0.717, 1.165) is 0 Å². The van der Waals surface area contributed by atoms with Crippen molar-refractivity contribution in [1.82, 2.24) is 15.1 Å². The fourth-order valence-corrected chi connectivity index (χ4v) is 4.27. The van der Waals surface area contributed by atoms with Crippen LogP contribution in [0.1, 0.15) is 39.0 Å². The lowest BCUT2D eigenvalue weighted by Gasteiger charge is -2.46. The van der Waals surface area contributed by atoms with E-state index < -0.39 is 0 Å². The molecule has 2 rings (SSSR count). The van der Waals surface area contributed by atoms with Crippen molar-refractivity contribution in [2.24, 2.45) is 0 Å². The zero-order chi connectivity index (χ0) is 14.4. The predicted molar refractivity (Wildman–Crippen MR) is 90.7 cm³/mol. The number of piperazine rings is 1. The standard InChI is InChI=1S/C16H33N3S/c1-15(6-13-20-3)17-14-16(7-4-5-8-16)19-11-9-18(2)10-12-19/h15,17H,4-14H2,1-3H3/t15-/m1/s1. The van der Waals surface area contributed by atoms with Crippen LogP contribution in [0.5, 0.6) is 0 Å². The Labute approximate surface area is 129 Å². The summed E-state index contributed by atoms with van der Waals surface area (Å²) in [5.41, 5.74) is 0.467. The summed E-state index contributed by atoms with van der Waals surface area (Å²) in [6.07, 6.45) is 9.15. The zero-order valence-electron chi connectivity index (χ0n) is 13.7. The number of hydrogen-bond donors (Lipinski definition) is 1. The van der Waals surface area contributed by atoms with E-state index in [-0.39, 0.29) is 0 Å². The maximum absolute atomic E-state index is 3.84. The first-order valence-corrected chi connectivity index (χ1v) is 9.71. The van der Waals surface area contributed by atoms with Crippen LogP contribution in [-0.4, -0.2) is 73.2 Å². The molecule has 1 aliphatic heterocycles. The third kappa shape index (κ3) is 4.36. The molecule has 0 aromatic rings. The Hall–Kier alpha value is 0.230. The fraction of sp³-hybridized carbons (Fsp3) is 1.00. The van der Waals surface area contributed by atoms with Crippen molar-refractivity contribution in [2.45, 2.75) is 50.6 Å². The third-order valence-corrected chi connectivity index (χ3v) is 5.89. The lowest BCUT2D eigenvalue weighted by atomic mass is 9.93. The van der Waals surface area contributed by atoms with E-state index in [2.05, 4.69) is 35.3 Å². The number of hydrogen-bond acceptors (Lipinski definition) is 4. The lowest BCUT2D eigenvalue weighted by molar-refractivity contribution is 0.0412. The highest BCUT2D eigenvalue weighted by Crippen LogP contribution is 2.35. The summed E-state index contributed by atoms with van der Waals surface area (Å²) < 4.78 is 0. The molecular weight excluding hydrogens is 266 g/mol. The molecule has 0 unspecified atom stereocenters. The summed E-state index contributed by atoms with van der Waals surface area (Å²) in [5, 5.41) is 3.84. The summed E-state index contributed by atoms with van der Waals surface area (Å²) >= 11 is 1.96. The quantitative estimate of drug-likeness (QED) is 0.777. The highest BCUT2D eigenvalue weighted by molar-refractivity contribution is 7.98. The largest absolute Gasteiger partial charge is 0.312 e. The Bertz CT molecular complexity index is 271. The summed E-state index contributed by atoms with van der Waals surface area (Å²) in [7, 11) is 2.25. The van der Waals surface area contributed by atoms with E-state index in [1.54, 1.807) is 0 Å². The third-order valence-electron chi connectivity index (χ3n) is 5.24. The summed E-state index contributed by atoms with van der Waals surface area (Å²) in [4.78, 5) is 5.27. The van der Waals surface area contributed by atoms with Crippen molar-refractivity contribution >= 4 is 11.8 Å². The van der Waals surface area contributed by atoms with Crippen LogP contribution in [0.15, 0.2) is 0 Å². The number of rotatable bonds is 7. The van der Waals surface area contributed by atoms with Gasteiger partial charge in [0.05, 0.1) is 0 Å². The van der Waals surface area contributed by atoms with Crippen LogP contribution in [0.2, 0.25) is 0 Å². The van der Waals surface area contributed by atoms with Gasteiger partial charge in [-0.15, -0.1) is 0 Å². The normalized spacial score (nSPS) is 25.9. The SMILES string of the molecule is CSCC[C@@H](C)NCC1(N2CCN(C)CC2)CCCC1. The monoisotopic (exact) mass is 299 g/mol. The van der Waals surface area contributed by atoms with Gasteiger partial charge in [0.2, 0.25) is 0 Å². The van der Waals surface area contributed by atoms with Gasteiger partial charge < -0.3 is 10.2 Å². The molecule has 1 saturated heterocycles. The summed E-state index contributed by atoms with van der Waals surface area (Å²) in [5.74, 6) is 1.27. The van der Waals surface area contributed by atoms with E-state index in [0.29, 0.717) is 11.6 Å². The first kappa shape index (κ1) is 16.6. The van der Waals surface area contributed by atoms with Gasteiger partial charge in [0, 0.05) is 44.3 Å². The molecule has 0 spiro atoms. The van der Waals surface area contributed by atoms with Crippen LogP contribution in [0, 0.1) is 0 Å². The number of likely N-dealkylation sites (N-methyl/N-ethyl adjacent to an activating group) is 1. The van der Waals surface area contributed by atoms with Crippen molar-refractivity contribution in [2.75, 3.05) is 51.8 Å². The van der Waals surface area contributed by atoms with E-state index in [4.69, 9.17) is 0 Å². The average Bonchev–Trinajstić information content (AvgIpc) is 2.93. The Kier molecular flexibility index (Phi) is 6.66. The highest BCUT2D eigenvalue weighted by atomic mass is 32.2. The van der Waals surface area contributed by atoms with Crippen molar-refractivity contribution in [3.05, 3.63) is 0 Å². The van der Waals surface area contributed by atoms with Crippen LogP contribution in [0.4, 0.5) is 0 Å². The van der Waals surface area contributed by atoms with Gasteiger partial charge in [-0.2, -0.15) is 11.8 Å². The van der Waals surface area contributed by atoms with Gasteiger partial charge in [-0.3, -0.25) is 4.90 Å². The number of nitrogens with zero attached hydrogens (tertiary/aromatic N) is 2. The smallest absolute Gasteiger partial charge is 0.0335 e. The Balaban J connectivity index is 1.85. The second-order valence-corrected chi connectivity index (χ2v) is 7.77. The predicted octanol–water partition coefficient (Wildman–Crippen LogP) is 2.28. The van der Waals surface area contributed by atoms with Gasteiger partial charge in [-0.25, -0.2) is 0 Å². The number of thioether (sulfide) groups is 1. The molecule has 0 aromatic heterocycles. The second-order valence-electron chi connectivity index (χ2n) is 6.79. The number of nitrogens with one attached hydrogen (secondary N) is 1. The first-order valence-electron chi connectivity index (χ1n) is 8.32. The van der Waals surface area contributed by atoms with Crippen molar-refractivity contribution < 1.29 is 0 Å². The molecule has 0 aromatic carbocycles. The molecule has 0 radical (unpaired) electrons. The van der Waals surface area contributed by atoms with Crippen LogP contribution < -0.4 is 5.32 Å². The van der Waals surface area contributed by atoms with E-state index in [9.17, 15) is 0 Å². The molecule has 1 heterocycles. The summed E-state index contributed by atoms with van der Waals surface area (Å²) in [6, 6.07) is 0.660. The van der Waals surface area contributed by atoms with Crippen LogP contribution in [0.25, 0.3) is 0 Å². The lowest BCUT2D eigenvalue weighted by Crippen LogP contribution is -2.59. The molecule has 20 heavy (non-hydrogen) atoms. The molecule has 118 valence electrons. The van der Waals surface area contributed by atoms with Crippen LogP contribution in [0.3, 0.4) is 0 Å². The second kappa shape index (κ2) is 8.02. The molecule has 0 bridgehead atoms. The Morgan fingerprint density at radius 2 is 1.80 bits per heavy atom. The maximum Gasteiger partial charge on any atom is 0.0335 e. The molecule has 1 saturated carbocycles. The first-order chi connectivity index (χ1) is 9.66. The zero-order valence-corrected chi connectivity index (χ0v) is 14.5. The van der Waals surface area contributed by atoms with Crippen molar-refractivity contribution in [1.29, 1.82) is 0 Å². The topological polar surface area (TPSA) is 18.5 Å². The van der Waals surface area contributed by atoms with Gasteiger partial charge in [0.1, 0.15) is 0 Å². The minimum atomic E-state index is 0.467. The molecule has 1 atom stereocenters. The van der Waals surface area contributed by atoms with Gasteiger partial charge in [0.15, 0.2) is 0 Å². The molecule has 3 nitrogen and oxygen atoms in total. The molecule has 0 amide bonds. The Morgan fingerprint density at radius 1 is 1.15 bits per heavy atom. The minimum absolute atomic E-state index is 0.467. The average molecular weight is 300 g/mol. The summed E-state index contributed by atoms with van der Waals surface area (Å²) in [6.45, 7) is 8.55. The van der Waals surface area contributed by atoms with Crippen molar-refractivity contribution in [3.8, 4) is 0 Å². The molecule has 4 heteroatoms. The van der Waals surface area contributed by atoms with E-state index in [1.807, 2.05) is 11.8 Å². The van der Waals surface area contributed by atoms with E-state index in [1.165, 1.54) is 70.6 Å². The van der Waals surface area contributed by atoms with Gasteiger partial charge in [-0.1, -0.05) is 12.8 Å². The van der Waals surface area contributed by atoms with Crippen LogP contribution in [-0.2, 0) is 0 Å². The molecule has 1 aliphatic carbocycles. The van der Waals surface area contributed by atoms with Gasteiger partial charge in [-0.05, 0) is 45.2 Å². The maximum atomic E-state index is 3.84. The Morgan fingerprint density at radius 3 is 2.40 bits per heavy atom. The fourth-order valence-electron chi connectivity index (χ4n) is 3.68. The minimum Gasteiger partial charge on any atom is -0.312 e. The molecule has 2 aliphatic rings.